The predicted molar refractivity (Wildman–Crippen MR) is 109 cm³/mol. The summed E-state index contributed by atoms with van der Waals surface area (Å²) in [6, 6.07) is 16.7. The van der Waals surface area contributed by atoms with Gasteiger partial charge in [0.1, 0.15) is 23.9 Å². The van der Waals surface area contributed by atoms with E-state index in [4.69, 9.17) is 9.57 Å². The Bertz CT molecular complexity index is 1040. The molecule has 1 N–H and O–H groups in total. The fourth-order valence-electron chi connectivity index (χ4n) is 3.53. The summed E-state index contributed by atoms with van der Waals surface area (Å²) in [6.45, 7) is -0.289. The topological polar surface area (TPSA) is 125 Å². The Hall–Kier alpha value is -2.37. The maximum Gasteiger partial charge on any atom is 1.00 e. The first-order valence-electron chi connectivity index (χ1n) is 9.85. The molecule has 0 aromatic heterocycles. The largest absolute Gasteiger partial charge is 1.00 e. The first-order chi connectivity index (χ1) is 15.4. The van der Waals surface area contributed by atoms with Crippen LogP contribution in [-0.4, -0.2) is 52.4 Å². The van der Waals surface area contributed by atoms with Crippen LogP contribution in [0, 0.1) is 0 Å². The number of ether oxygens (including phenoxy) is 1. The van der Waals surface area contributed by atoms with E-state index in [9.17, 15) is 24.3 Å². The van der Waals surface area contributed by atoms with Crippen molar-refractivity contribution in [2.75, 3.05) is 6.61 Å². The van der Waals surface area contributed by atoms with Crippen LogP contribution in [0.15, 0.2) is 65.6 Å². The van der Waals surface area contributed by atoms with Crippen molar-refractivity contribution in [1.29, 1.82) is 0 Å². The molecule has 33 heavy (non-hydrogen) atoms. The van der Waals surface area contributed by atoms with Crippen molar-refractivity contribution < 1.29 is 63.4 Å². The van der Waals surface area contributed by atoms with Crippen LogP contribution in [0.2, 0.25) is 0 Å². The monoisotopic (exact) mass is 478 g/mol. The third-order valence-electron chi connectivity index (χ3n) is 5.07. The molecule has 9 nitrogen and oxygen atoms in total. The van der Waals surface area contributed by atoms with Crippen LogP contribution < -0.4 is 40.0 Å². The Morgan fingerprint density at radius 3 is 2.36 bits per heavy atom. The summed E-state index contributed by atoms with van der Waals surface area (Å²) in [7, 11) is 0. The quantitative estimate of drug-likeness (QED) is 0.331. The van der Waals surface area contributed by atoms with Gasteiger partial charge < -0.3 is 20.0 Å². The van der Waals surface area contributed by atoms with Gasteiger partial charge in [-0.3, -0.25) is 19.2 Å². The van der Waals surface area contributed by atoms with Gasteiger partial charge in [0.05, 0.1) is 6.42 Å². The Morgan fingerprint density at radius 2 is 1.73 bits per heavy atom. The summed E-state index contributed by atoms with van der Waals surface area (Å²) in [5, 5.41) is 14.2. The maximum absolute atomic E-state index is 12.9. The van der Waals surface area contributed by atoms with E-state index >= 15 is 0 Å². The first kappa shape index (κ1) is 25.3. The van der Waals surface area contributed by atoms with Gasteiger partial charge in [0.2, 0.25) is 5.91 Å². The zero-order valence-corrected chi connectivity index (χ0v) is 20.6. The zero-order chi connectivity index (χ0) is 22.7. The van der Waals surface area contributed by atoms with Gasteiger partial charge in [0, 0.05) is 11.3 Å². The third kappa shape index (κ3) is 5.42. The number of hydroxylamine groups is 2. The number of hydrogen-bond acceptors (Lipinski definition) is 8. The number of carboxylic acid groups (broad SMARTS) is 1. The van der Waals surface area contributed by atoms with Crippen LogP contribution in [0.3, 0.4) is 0 Å². The molecule has 0 radical (unpaired) electrons. The summed E-state index contributed by atoms with van der Waals surface area (Å²) < 4.78 is 5.14. The van der Waals surface area contributed by atoms with Crippen molar-refractivity contribution in [2.24, 2.45) is 0 Å². The van der Waals surface area contributed by atoms with Crippen molar-refractivity contribution in [3.05, 3.63) is 66.2 Å². The molecule has 2 heterocycles. The van der Waals surface area contributed by atoms with Gasteiger partial charge in [-0.1, -0.05) is 48.5 Å². The van der Waals surface area contributed by atoms with E-state index in [2.05, 4.69) is 5.32 Å². The van der Waals surface area contributed by atoms with E-state index in [0.29, 0.717) is 5.06 Å². The van der Waals surface area contributed by atoms with Crippen LogP contribution in [0.1, 0.15) is 12.0 Å². The number of nitrogens with zero attached hydrogens (tertiary/aromatic N) is 1. The van der Waals surface area contributed by atoms with Gasteiger partial charge in [-0.2, -0.15) is 5.06 Å². The summed E-state index contributed by atoms with van der Waals surface area (Å²) in [6.07, 6.45) is -0.314. The minimum Gasteiger partial charge on any atom is -0.544 e. The molecule has 2 amide bonds. The van der Waals surface area contributed by atoms with E-state index in [1.165, 1.54) is 0 Å². The molecular formula is C22H19N2NaO7S. The van der Waals surface area contributed by atoms with Crippen molar-refractivity contribution >= 4 is 35.5 Å². The summed E-state index contributed by atoms with van der Waals surface area (Å²) in [5.41, 5.74) is -1.65. The van der Waals surface area contributed by atoms with Gasteiger partial charge in [-0.05, 0) is 17.7 Å². The molecule has 2 unspecified atom stereocenters. The third-order valence-corrected chi connectivity index (χ3v) is 6.26. The number of benzene rings is 2. The number of rotatable bonds is 7. The molecule has 3 atom stereocenters. The van der Waals surface area contributed by atoms with Crippen LogP contribution in [0.5, 0.6) is 0 Å². The van der Waals surface area contributed by atoms with E-state index < -0.39 is 40.8 Å². The van der Waals surface area contributed by atoms with Gasteiger partial charge in [-0.25, -0.2) is 0 Å². The number of carbonyl (C=O) groups excluding carboxylic acids is 4. The average Bonchev–Trinajstić information content (AvgIpc) is 3.30. The second-order valence-electron chi connectivity index (χ2n) is 7.33. The number of nitrogens with one attached hydrogen (secondary N) is 1. The van der Waals surface area contributed by atoms with E-state index in [-0.39, 0.29) is 49.0 Å². The normalized spacial score (nSPS) is 24.2. The Labute approximate surface area is 216 Å². The smallest absolute Gasteiger partial charge is 0.544 e. The number of esters is 1. The first-order valence-corrected chi connectivity index (χ1v) is 10.7. The van der Waals surface area contributed by atoms with Crippen molar-refractivity contribution in [3.8, 4) is 0 Å². The number of thioether (sulfide) groups is 1. The maximum atomic E-state index is 12.9. The number of cyclic esters (lactones) is 1. The molecule has 166 valence electrons. The van der Waals surface area contributed by atoms with Crippen molar-refractivity contribution in [2.45, 2.75) is 34.8 Å². The summed E-state index contributed by atoms with van der Waals surface area (Å²) in [5.74, 6) is -3.82. The Balaban J connectivity index is 0.00000306. The number of amides is 2. The molecule has 2 fully saturated rings. The minimum atomic E-state index is -2.40. The fourth-order valence-corrected chi connectivity index (χ4v) is 4.63. The van der Waals surface area contributed by atoms with Gasteiger partial charge in [-0.15, -0.1) is 11.8 Å². The van der Waals surface area contributed by atoms with E-state index in [0.717, 1.165) is 22.2 Å². The second kappa shape index (κ2) is 10.7. The molecule has 4 rings (SSSR count). The molecule has 2 aliphatic rings. The molecule has 2 aromatic carbocycles. The molecule has 0 saturated carbocycles. The number of hydrogen-bond donors (Lipinski definition) is 1. The van der Waals surface area contributed by atoms with Gasteiger partial charge in [0.25, 0.3) is 11.6 Å². The van der Waals surface area contributed by atoms with Gasteiger partial charge in [0.15, 0.2) is 0 Å². The molecular weight excluding hydrogens is 459 g/mol. The summed E-state index contributed by atoms with van der Waals surface area (Å²) >= 11 is 1.12. The zero-order valence-electron chi connectivity index (χ0n) is 17.8. The standard InChI is InChI=1S/C22H20N2O7S.Na/c25-18(11-14-7-3-1-4-8-14)23-16-13-30-24(19(16)26)22(21(28)29)12-17(20(27)31-22)32-15-9-5-2-6-10-15;/h1-10,16-17H,11-13H2,(H,23,25)(H,28,29);/q;+1/p-1/t16-,17?,22?;/m0./s1. The molecule has 0 spiro atoms. The second-order valence-corrected chi connectivity index (χ2v) is 8.60. The molecule has 11 heteroatoms. The Morgan fingerprint density at radius 1 is 1.09 bits per heavy atom. The average molecular weight is 478 g/mol. The van der Waals surface area contributed by atoms with Crippen molar-refractivity contribution in [1.82, 2.24) is 10.4 Å². The van der Waals surface area contributed by atoms with Gasteiger partial charge >= 0.3 is 35.5 Å². The van der Waals surface area contributed by atoms with Crippen LogP contribution in [0.4, 0.5) is 0 Å². The number of carbonyl (C=O) groups is 4. The minimum absolute atomic E-state index is 0. The SMILES string of the molecule is O=C(Cc1ccccc1)N[C@H]1CON(C2(C(=O)[O-])CC(Sc3ccccc3)C(=O)O2)C1=O.[Na+]. The van der Waals surface area contributed by atoms with Crippen LogP contribution in [-0.2, 0) is 35.2 Å². The number of aliphatic carboxylic acids is 1. The number of carboxylic acids is 1. The van der Waals surface area contributed by atoms with E-state index in [1.807, 2.05) is 12.1 Å². The molecule has 0 bridgehead atoms. The van der Waals surface area contributed by atoms with Crippen LogP contribution >= 0.6 is 11.8 Å². The summed E-state index contributed by atoms with van der Waals surface area (Å²) in [4.78, 5) is 55.6. The molecule has 2 aromatic rings. The molecule has 0 aliphatic carbocycles. The van der Waals surface area contributed by atoms with E-state index in [1.54, 1.807) is 48.5 Å². The molecule has 2 aliphatic heterocycles. The van der Waals surface area contributed by atoms with Crippen LogP contribution in [0.25, 0.3) is 0 Å². The van der Waals surface area contributed by atoms with Crippen molar-refractivity contribution in [3.63, 3.8) is 0 Å². The predicted octanol–water partition coefficient (Wildman–Crippen LogP) is -2.95. The molecule has 2 saturated heterocycles. The fraction of sp³-hybridized carbons (Fsp3) is 0.273. The Kier molecular flexibility index (Phi) is 8.19.